The van der Waals surface area contributed by atoms with Gasteiger partial charge in [-0.25, -0.2) is 0 Å². The van der Waals surface area contributed by atoms with E-state index in [-0.39, 0.29) is 0 Å². The predicted molar refractivity (Wildman–Crippen MR) is 52.8 cm³/mol. The summed E-state index contributed by atoms with van der Waals surface area (Å²) >= 11 is 0. The van der Waals surface area contributed by atoms with Crippen molar-refractivity contribution in [1.29, 1.82) is 0 Å². The number of hydrogen-bond acceptors (Lipinski definition) is 0. The molecule has 4 heteroatoms. The number of aromatic amines is 1. The van der Waals surface area contributed by atoms with Crippen molar-refractivity contribution >= 4 is 10.9 Å². The number of aromatic nitrogens is 1. The first-order valence-electron chi connectivity index (χ1n) is 4.63. The van der Waals surface area contributed by atoms with E-state index in [1.807, 2.05) is 0 Å². The van der Waals surface area contributed by atoms with Gasteiger partial charge in [0.25, 0.3) is 0 Å². The molecule has 1 nitrogen and oxygen atoms in total. The smallest absolute Gasteiger partial charge is 0.361 e. The van der Waals surface area contributed by atoms with Gasteiger partial charge in [-0.1, -0.05) is 18.2 Å². The molecule has 1 aromatic heterocycles. The van der Waals surface area contributed by atoms with Crippen molar-refractivity contribution in [2.45, 2.75) is 19.0 Å². The number of nitrogens with one attached hydrogen (secondary N) is 1. The molecule has 0 spiro atoms. The summed E-state index contributed by atoms with van der Waals surface area (Å²) in [5.74, 6) is -1.44. The third kappa shape index (κ3) is 1.71. The van der Waals surface area contributed by atoms with Crippen LogP contribution >= 0.6 is 0 Å². The van der Waals surface area contributed by atoms with Crippen molar-refractivity contribution in [3.05, 3.63) is 36.0 Å². The van der Waals surface area contributed by atoms with Gasteiger partial charge in [0.1, 0.15) is 0 Å². The lowest BCUT2D eigenvalue weighted by Gasteiger charge is -2.14. The number of para-hydroxylation sites is 1. The molecule has 0 aliphatic rings. The van der Waals surface area contributed by atoms with Crippen molar-refractivity contribution in [2.75, 3.05) is 0 Å². The van der Waals surface area contributed by atoms with Crippen molar-refractivity contribution < 1.29 is 13.2 Å². The van der Waals surface area contributed by atoms with Gasteiger partial charge in [-0.3, -0.25) is 0 Å². The van der Waals surface area contributed by atoms with E-state index in [0.717, 1.165) is 5.52 Å². The zero-order valence-corrected chi connectivity index (χ0v) is 8.10. The van der Waals surface area contributed by atoms with Gasteiger partial charge in [-0.2, -0.15) is 13.2 Å². The largest absolute Gasteiger partial charge is 0.395 e. The van der Waals surface area contributed by atoms with Crippen LogP contribution in [0.2, 0.25) is 0 Å². The minimum atomic E-state index is -4.19. The molecule has 1 unspecified atom stereocenters. The molecule has 15 heavy (non-hydrogen) atoms. The Labute approximate surface area is 84.9 Å². The summed E-state index contributed by atoms with van der Waals surface area (Å²) in [7, 11) is 0. The fraction of sp³-hybridized carbons (Fsp3) is 0.273. The van der Waals surface area contributed by atoms with Crippen molar-refractivity contribution in [3.8, 4) is 0 Å². The molecular weight excluding hydrogens is 203 g/mol. The van der Waals surface area contributed by atoms with Crippen LogP contribution in [0.25, 0.3) is 10.9 Å². The van der Waals surface area contributed by atoms with Gasteiger partial charge in [-0.15, -0.1) is 0 Å². The lowest BCUT2D eigenvalue weighted by molar-refractivity contribution is -0.146. The van der Waals surface area contributed by atoms with E-state index >= 15 is 0 Å². The number of hydrogen-bond donors (Lipinski definition) is 1. The van der Waals surface area contributed by atoms with Crippen LogP contribution in [0.5, 0.6) is 0 Å². The quantitative estimate of drug-likeness (QED) is 0.740. The zero-order chi connectivity index (χ0) is 11.1. The Morgan fingerprint density at radius 1 is 1.20 bits per heavy atom. The molecule has 0 amide bonds. The second-order valence-electron chi connectivity index (χ2n) is 3.55. The summed E-state index contributed by atoms with van der Waals surface area (Å²) < 4.78 is 37.6. The second kappa shape index (κ2) is 3.29. The van der Waals surface area contributed by atoms with Gasteiger partial charge >= 0.3 is 6.18 Å². The van der Waals surface area contributed by atoms with Crippen LogP contribution in [0.1, 0.15) is 18.4 Å². The third-order valence-electron chi connectivity index (χ3n) is 2.58. The van der Waals surface area contributed by atoms with Crippen molar-refractivity contribution in [1.82, 2.24) is 4.98 Å². The minimum absolute atomic E-state index is 0.304. The van der Waals surface area contributed by atoms with E-state index in [9.17, 15) is 13.2 Å². The molecule has 0 aliphatic heterocycles. The standard InChI is InChI=1S/C11H10F3N/c1-7(11(12,13)14)9-6-15-10-5-3-2-4-8(9)10/h2-7,15H,1H3. The number of halogens is 3. The van der Waals surface area contributed by atoms with E-state index in [0.29, 0.717) is 10.9 Å². The maximum atomic E-state index is 12.5. The van der Waals surface area contributed by atoms with E-state index in [2.05, 4.69) is 4.98 Å². The highest BCUT2D eigenvalue weighted by Crippen LogP contribution is 2.37. The topological polar surface area (TPSA) is 15.8 Å². The first-order valence-corrected chi connectivity index (χ1v) is 4.63. The maximum Gasteiger partial charge on any atom is 0.395 e. The molecule has 1 aromatic carbocycles. The van der Waals surface area contributed by atoms with Gasteiger partial charge < -0.3 is 4.98 Å². The van der Waals surface area contributed by atoms with Gasteiger partial charge in [0.2, 0.25) is 0 Å². The van der Waals surface area contributed by atoms with Crippen LogP contribution in [0, 0.1) is 0 Å². The van der Waals surface area contributed by atoms with Crippen molar-refractivity contribution in [2.24, 2.45) is 0 Å². The maximum absolute atomic E-state index is 12.5. The molecule has 0 bridgehead atoms. The van der Waals surface area contributed by atoms with Crippen LogP contribution in [-0.4, -0.2) is 11.2 Å². The van der Waals surface area contributed by atoms with E-state index in [4.69, 9.17) is 0 Å². The second-order valence-corrected chi connectivity index (χ2v) is 3.55. The van der Waals surface area contributed by atoms with Crippen molar-refractivity contribution in [3.63, 3.8) is 0 Å². The predicted octanol–water partition coefficient (Wildman–Crippen LogP) is 3.83. The molecule has 0 saturated heterocycles. The van der Waals surface area contributed by atoms with Gasteiger partial charge in [0, 0.05) is 17.1 Å². The molecule has 0 saturated carbocycles. The summed E-state index contributed by atoms with van der Waals surface area (Å²) in [6.07, 6.45) is -2.76. The van der Waals surface area contributed by atoms with E-state index in [1.165, 1.54) is 13.1 Å². The number of fused-ring (bicyclic) bond motifs is 1. The highest BCUT2D eigenvalue weighted by molar-refractivity contribution is 5.83. The summed E-state index contributed by atoms with van der Waals surface area (Å²) in [5, 5.41) is 0.641. The lowest BCUT2D eigenvalue weighted by atomic mass is 10.0. The first-order chi connectivity index (χ1) is 7.00. The van der Waals surface area contributed by atoms with Crippen LogP contribution in [-0.2, 0) is 0 Å². The fourth-order valence-corrected chi connectivity index (χ4v) is 1.63. The molecule has 2 rings (SSSR count). The molecule has 0 radical (unpaired) electrons. The number of H-pyrrole nitrogens is 1. The Hall–Kier alpha value is -1.45. The van der Waals surface area contributed by atoms with Crippen LogP contribution < -0.4 is 0 Å². The number of alkyl halides is 3. The Balaban J connectivity index is 2.53. The van der Waals surface area contributed by atoms with Crippen LogP contribution in [0.3, 0.4) is 0 Å². The monoisotopic (exact) mass is 213 g/mol. The van der Waals surface area contributed by atoms with Gasteiger partial charge in [-0.05, 0) is 18.6 Å². The van der Waals surface area contributed by atoms with Crippen LogP contribution in [0.4, 0.5) is 13.2 Å². The lowest BCUT2D eigenvalue weighted by Crippen LogP contribution is -2.17. The molecular formula is C11H10F3N. The number of benzene rings is 1. The molecule has 0 fully saturated rings. The average molecular weight is 213 g/mol. The molecule has 1 heterocycles. The SMILES string of the molecule is CC(c1c[nH]c2ccccc12)C(F)(F)F. The molecule has 80 valence electrons. The van der Waals surface area contributed by atoms with E-state index < -0.39 is 12.1 Å². The van der Waals surface area contributed by atoms with Gasteiger partial charge in [0.15, 0.2) is 0 Å². The summed E-state index contributed by atoms with van der Waals surface area (Å²) in [4.78, 5) is 2.84. The first kappa shape index (κ1) is 10.1. The van der Waals surface area contributed by atoms with Crippen LogP contribution in [0.15, 0.2) is 30.5 Å². The fourth-order valence-electron chi connectivity index (χ4n) is 1.63. The normalized spacial score (nSPS) is 14.4. The van der Waals surface area contributed by atoms with Gasteiger partial charge in [0.05, 0.1) is 5.92 Å². The average Bonchev–Trinajstić information content (AvgIpc) is 2.58. The molecule has 1 N–H and O–H groups in total. The van der Waals surface area contributed by atoms with E-state index in [1.54, 1.807) is 24.3 Å². The summed E-state index contributed by atoms with van der Waals surface area (Å²) in [6, 6.07) is 7.00. The minimum Gasteiger partial charge on any atom is -0.361 e. The number of rotatable bonds is 1. The zero-order valence-electron chi connectivity index (χ0n) is 8.10. The molecule has 0 aliphatic carbocycles. The highest BCUT2D eigenvalue weighted by atomic mass is 19.4. The third-order valence-corrected chi connectivity index (χ3v) is 2.58. The Bertz CT molecular complexity index is 470. The molecule has 1 atom stereocenters. The Kier molecular flexibility index (Phi) is 2.21. The summed E-state index contributed by atoms with van der Waals surface area (Å²) in [5.41, 5.74) is 1.04. The Morgan fingerprint density at radius 3 is 2.53 bits per heavy atom. The Morgan fingerprint density at radius 2 is 1.87 bits per heavy atom. The highest BCUT2D eigenvalue weighted by Gasteiger charge is 2.38. The molecule has 2 aromatic rings. The summed E-state index contributed by atoms with van der Waals surface area (Å²) in [6.45, 7) is 1.18.